The maximum absolute atomic E-state index is 5.99. The van der Waals surface area contributed by atoms with Gasteiger partial charge in [-0.1, -0.05) is 18.2 Å². The predicted molar refractivity (Wildman–Crippen MR) is 91.9 cm³/mol. The molecular formula is C19H21ClNO5-. The minimum Gasteiger partial charge on any atom is -1.00 e. The second kappa shape index (κ2) is 8.38. The summed E-state index contributed by atoms with van der Waals surface area (Å²) in [6.07, 6.45) is -0.136. The standard InChI is InChI=1S/C19H21NO5.ClH/c1-20(18-13-24-14-5-2-3-6-15(14)25-18)9-10-21-16-7-4-8-17-19(16)23-12-11-22-17;/h2-8,18H,9-13H2,1H3;1H/p-1. The molecule has 2 heterocycles. The van der Waals surface area contributed by atoms with E-state index in [4.69, 9.17) is 23.7 Å². The van der Waals surface area contributed by atoms with Crippen molar-refractivity contribution in [3.63, 3.8) is 0 Å². The molecule has 7 heteroatoms. The van der Waals surface area contributed by atoms with E-state index in [-0.39, 0.29) is 18.6 Å². The van der Waals surface area contributed by atoms with E-state index in [1.807, 2.05) is 49.5 Å². The lowest BCUT2D eigenvalue weighted by molar-refractivity contribution is -0.0199. The molecule has 26 heavy (non-hydrogen) atoms. The number of nitrogens with zero attached hydrogens (tertiary/aromatic N) is 1. The molecule has 0 aliphatic carbocycles. The van der Waals surface area contributed by atoms with Gasteiger partial charge in [-0.25, -0.2) is 0 Å². The van der Waals surface area contributed by atoms with Crippen LogP contribution in [-0.2, 0) is 0 Å². The van der Waals surface area contributed by atoms with Gasteiger partial charge in [0.15, 0.2) is 29.2 Å². The first kappa shape index (κ1) is 18.5. The molecule has 0 radical (unpaired) electrons. The molecule has 2 aliphatic rings. The van der Waals surface area contributed by atoms with Crippen LogP contribution in [0.5, 0.6) is 28.7 Å². The summed E-state index contributed by atoms with van der Waals surface area (Å²) >= 11 is 0. The van der Waals surface area contributed by atoms with Crippen LogP contribution in [0.3, 0.4) is 0 Å². The first-order chi connectivity index (χ1) is 12.3. The Balaban J connectivity index is 0.00000196. The van der Waals surface area contributed by atoms with E-state index >= 15 is 0 Å². The largest absolute Gasteiger partial charge is 1.00 e. The number of fused-ring (bicyclic) bond motifs is 2. The van der Waals surface area contributed by atoms with Crippen LogP contribution in [0.25, 0.3) is 0 Å². The number of ether oxygens (including phenoxy) is 5. The normalized spacial score (nSPS) is 17.4. The van der Waals surface area contributed by atoms with Crippen molar-refractivity contribution < 1.29 is 36.1 Å². The zero-order valence-electron chi connectivity index (χ0n) is 14.5. The molecule has 1 unspecified atom stereocenters. The van der Waals surface area contributed by atoms with E-state index in [1.54, 1.807) is 0 Å². The van der Waals surface area contributed by atoms with Gasteiger partial charge in [0.1, 0.15) is 26.4 Å². The Morgan fingerprint density at radius 3 is 2.62 bits per heavy atom. The van der Waals surface area contributed by atoms with E-state index in [1.165, 1.54) is 0 Å². The van der Waals surface area contributed by atoms with Crippen molar-refractivity contribution in [3.05, 3.63) is 42.5 Å². The molecule has 0 N–H and O–H groups in total. The van der Waals surface area contributed by atoms with E-state index in [9.17, 15) is 0 Å². The smallest absolute Gasteiger partial charge is 0.203 e. The van der Waals surface area contributed by atoms with Crippen LogP contribution in [0.2, 0.25) is 0 Å². The maximum Gasteiger partial charge on any atom is 0.203 e. The third-order valence-corrected chi connectivity index (χ3v) is 4.22. The van der Waals surface area contributed by atoms with E-state index < -0.39 is 0 Å². The Bertz CT molecular complexity index is 742. The zero-order chi connectivity index (χ0) is 17.1. The quantitative estimate of drug-likeness (QED) is 0.704. The lowest BCUT2D eigenvalue weighted by atomic mass is 10.3. The third kappa shape index (κ3) is 3.92. The van der Waals surface area contributed by atoms with Crippen LogP contribution >= 0.6 is 0 Å². The molecule has 0 fully saturated rings. The molecule has 0 spiro atoms. The Hall–Kier alpha value is -2.31. The van der Waals surface area contributed by atoms with Crippen LogP contribution in [0.1, 0.15) is 0 Å². The fraction of sp³-hybridized carbons (Fsp3) is 0.368. The summed E-state index contributed by atoms with van der Waals surface area (Å²) in [5, 5.41) is 0. The van der Waals surface area contributed by atoms with Crippen molar-refractivity contribution in [1.29, 1.82) is 0 Å². The second-order valence-corrected chi connectivity index (χ2v) is 5.94. The summed E-state index contributed by atoms with van der Waals surface area (Å²) in [6, 6.07) is 13.4. The average Bonchev–Trinajstić information content (AvgIpc) is 2.67. The molecule has 0 saturated heterocycles. The highest BCUT2D eigenvalue weighted by Crippen LogP contribution is 2.39. The number of likely N-dealkylation sites (N-methyl/N-ethyl adjacent to an activating group) is 1. The van der Waals surface area contributed by atoms with Crippen LogP contribution in [-0.4, -0.2) is 51.1 Å². The third-order valence-electron chi connectivity index (χ3n) is 4.22. The van der Waals surface area contributed by atoms with Gasteiger partial charge in [-0.2, -0.15) is 0 Å². The minimum absolute atomic E-state index is 0. The molecule has 6 nitrogen and oxygen atoms in total. The average molecular weight is 379 g/mol. The van der Waals surface area contributed by atoms with Crippen molar-refractivity contribution >= 4 is 0 Å². The van der Waals surface area contributed by atoms with Gasteiger partial charge in [-0.15, -0.1) is 0 Å². The van der Waals surface area contributed by atoms with Crippen molar-refractivity contribution in [3.8, 4) is 28.7 Å². The number of para-hydroxylation sites is 3. The number of benzene rings is 2. The molecule has 2 aliphatic heterocycles. The lowest BCUT2D eigenvalue weighted by Crippen LogP contribution is -3.00. The predicted octanol–water partition coefficient (Wildman–Crippen LogP) is -0.430. The Morgan fingerprint density at radius 2 is 1.73 bits per heavy atom. The van der Waals surface area contributed by atoms with Crippen molar-refractivity contribution in [2.45, 2.75) is 6.23 Å². The van der Waals surface area contributed by atoms with Crippen LogP contribution in [0.4, 0.5) is 0 Å². The summed E-state index contributed by atoms with van der Waals surface area (Å²) in [5.74, 6) is 3.68. The SMILES string of the molecule is CN(CCOc1cccc2c1OCCO2)C1COc2ccccc2O1.[Cl-]. The molecule has 0 saturated carbocycles. The van der Waals surface area contributed by atoms with Gasteiger partial charge in [0.2, 0.25) is 5.75 Å². The summed E-state index contributed by atoms with van der Waals surface area (Å²) in [5.41, 5.74) is 0. The lowest BCUT2D eigenvalue weighted by Gasteiger charge is -2.32. The molecule has 4 rings (SSSR count). The fourth-order valence-electron chi connectivity index (χ4n) is 2.83. The Labute approximate surface area is 159 Å². The summed E-state index contributed by atoms with van der Waals surface area (Å²) in [6.45, 7) is 2.81. The first-order valence-electron chi connectivity index (χ1n) is 8.41. The zero-order valence-corrected chi connectivity index (χ0v) is 15.3. The Morgan fingerprint density at radius 1 is 0.962 bits per heavy atom. The summed E-state index contributed by atoms with van der Waals surface area (Å²) in [4.78, 5) is 2.07. The second-order valence-electron chi connectivity index (χ2n) is 5.94. The van der Waals surface area contributed by atoms with Gasteiger partial charge in [-0.05, 0) is 31.3 Å². The van der Waals surface area contributed by atoms with Gasteiger partial charge < -0.3 is 36.1 Å². The maximum atomic E-state index is 5.99. The van der Waals surface area contributed by atoms with Crippen LogP contribution < -0.4 is 36.1 Å². The van der Waals surface area contributed by atoms with Crippen molar-refractivity contribution in [2.75, 3.05) is 40.0 Å². The van der Waals surface area contributed by atoms with Gasteiger partial charge in [0.05, 0.1) is 0 Å². The molecule has 0 aromatic heterocycles. The highest BCUT2D eigenvalue weighted by Gasteiger charge is 2.24. The molecule has 1 atom stereocenters. The minimum atomic E-state index is -0.136. The molecule has 2 aromatic rings. The van der Waals surface area contributed by atoms with Gasteiger partial charge in [0.25, 0.3) is 0 Å². The van der Waals surface area contributed by atoms with Gasteiger partial charge in [0, 0.05) is 6.54 Å². The van der Waals surface area contributed by atoms with Crippen molar-refractivity contribution in [1.82, 2.24) is 4.90 Å². The first-order valence-corrected chi connectivity index (χ1v) is 8.41. The number of halogens is 1. The van der Waals surface area contributed by atoms with E-state index in [2.05, 4.69) is 4.90 Å². The molecule has 140 valence electrons. The van der Waals surface area contributed by atoms with E-state index in [0.717, 1.165) is 17.2 Å². The van der Waals surface area contributed by atoms with Gasteiger partial charge >= 0.3 is 0 Å². The monoisotopic (exact) mass is 378 g/mol. The molecular weight excluding hydrogens is 358 g/mol. The molecule has 0 bridgehead atoms. The highest BCUT2D eigenvalue weighted by atomic mass is 35.5. The molecule has 2 aromatic carbocycles. The fourth-order valence-corrected chi connectivity index (χ4v) is 2.83. The molecule has 0 amide bonds. The summed E-state index contributed by atoms with van der Waals surface area (Å²) < 4.78 is 28.9. The number of hydrogen-bond acceptors (Lipinski definition) is 6. The van der Waals surface area contributed by atoms with Gasteiger partial charge in [-0.3, -0.25) is 4.90 Å². The highest BCUT2D eigenvalue weighted by molar-refractivity contribution is 5.51. The topological polar surface area (TPSA) is 49.4 Å². The number of rotatable bonds is 5. The van der Waals surface area contributed by atoms with E-state index in [0.29, 0.717) is 44.5 Å². The Kier molecular flexibility index (Phi) is 5.96. The number of hydrogen-bond donors (Lipinski definition) is 0. The van der Waals surface area contributed by atoms with Crippen LogP contribution in [0.15, 0.2) is 42.5 Å². The summed E-state index contributed by atoms with van der Waals surface area (Å²) in [7, 11) is 1.99. The van der Waals surface area contributed by atoms with Crippen molar-refractivity contribution in [2.24, 2.45) is 0 Å². The van der Waals surface area contributed by atoms with Crippen LogP contribution in [0, 0.1) is 0 Å².